The van der Waals surface area contributed by atoms with E-state index >= 15 is 0 Å². The molecule has 2 aromatic rings. The van der Waals surface area contributed by atoms with E-state index in [0.717, 1.165) is 44.4 Å². The average Bonchev–Trinajstić information content (AvgIpc) is 3.02. The molecule has 0 bridgehead atoms. The van der Waals surface area contributed by atoms with Gasteiger partial charge in [0.05, 0.1) is 23.0 Å². The lowest BCUT2D eigenvalue weighted by Gasteiger charge is -2.22. The van der Waals surface area contributed by atoms with Gasteiger partial charge in [0, 0.05) is 50.3 Å². The SMILES string of the molecule is CCOC[C@@H]1CN(Cc2csc(C)n2)Cc2ccnn2C1. The highest BCUT2D eigenvalue weighted by atomic mass is 32.1. The van der Waals surface area contributed by atoms with Gasteiger partial charge in [0.25, 0.3) is 0 Å². The molecular formula is C15H22N4OS. The lowest BCUT2D eigenvalue weighted by molar-refractivity contribution is 0.0839. The average molecular weight is 306 g/mol. The van der Waals surface area contributed by atoms with Crippen molar-refractivity contribution in [2.75, 3.05) is 19.8 Å². The van der Waals surface area contributed by atoms with Crippen LogP contribution in [-0.4, -0.2) is 39.4 Å². The summed E-state index contributed by atoms with van der Waals surface area (Å²) in [6.07, 6.45) is 1.89. The van der Waals surface area contributed by atoms with E-state index in [9.17, 15) is 0 Å². The van der Waals surface area contributed by atoms with Gasteiger partial charge in [-0.3, -0.25) is 9.58 Å². The van der Waals surface area contributed by atoms with E-state index in [1.165, 1.54) is 11.4 Å². The van der Waals surface area contributed by atoms with Crippen LogP contribution < -0.4 is 0 Å². The third-order valence-corrected chi connectivity index (χ3v) is 4.57. The molecule has 114 valence electrons. The molecule has 3 rings (SSSR count). The summed E-state index contributed by atoms with van der Waals surface area (Å²) in [5.74, 6) is 0.478. The van der Waals surface area contributed by atoms with E-state index in [2.05, 4.69) is 38.0 Å². The van der Waals surface area contributed by atoms with Crippen LogP contribution >= 0.6 is 11.3 Å². The highest BCUT2D eigenvalue weighted by Crippen LogP contribution is 2.19. The first kappa shape index (κ1) is 14.7. The Morgan fingerprint density at radius 2 is 2.33 bits per heavy atom. The molecule has 1 aliphatic heterocycles. The number of hydrogen-bond donors (Lipinski definition) is 0. The maximum absolute atomic E-state index is 5.64. The van der Waals surface area contributed by atoms with Crippen molar-refractivity contribution in [3.05, 3.63) is 34.0 Å². The summed E-state index contributed by atoms with van der Waals surface area (Å²) < 4.78 is 7.76. The molecular weight excluding hydrogens is 284 g/mol. The Kier molecular flexibility index (Phi) is 4.67. The van der Waals surface area contributed by atoms with Crippen molar-refractivity contribution in [3.8, 4) is 0 Å². The molecule has 0 N–H and O–H groups in total. The van der Waals surface area contributed by atoms with Gasteiger partial charge in [-0.2, -0.15) is 5.10 Å². The fourth-order valence-corrected chi connectivity index (χ4v) is 3.44. The Labute approximate surface area is 129 Å². The number of ether oxygens (including phenoxy) is 1. The molecule has 6 heteroatoms. The van der Waals surface area contributed by atoms with Crippen LogP contribution in [0.4, 0.5) is 0 Å². The summed E-state index contributed by atoms with van der Waals surface area (Å²) >= 11 is 1.72. The van der Waals surface area contributed by atoms with E-state index in [-0.39, 0.29) is 0 Å². The summed E-state index contributed by atoms with van der Waals surface area (Å²) in [5.41, 5.74) is 2.45. The van der Waals surface area contributed by atoms with Crippen LogP contribution in [0.5, 0.6) is 0 Å². The topological polar surface area (TPSA) is 43.2 Å². The molecule has 21 heavy (non-hydrogen) atoms. The van der Waals surface area contributed by atoms with Crippen LogP contribution in [0, 0.1) is 12.8 Å². The van der Waals surface area contributed by atoms with E-state index in [4.69, 9.17) is 4.74 Å². The number of thiazole rings is 1. The minimum absolute atomic E-state index is 0.478. The number of aryl methyl sites for hydroxylation is 1. The van der Waals surface area contributed by atoms with Crippen LogP contribution in [0.1, 0.15) is 23.3 Å². The van der Waals surface area contributed by atoms with Crippen molar-refractivity contribution < 1.29 is 4.74 Å². The Bertz CT molecular complexity index is 580. The zero-order chi connectivity index (χ0) is 14.7. The first-order valence-corrected chi connectivity index (χ1v) is 8.34. The van der Waals surface area contributed by atoms with Crippen molar-refractivity contribution in [2.45, 2.75) is 33.5 Å². The Morgan fingerprint density at radius 1 is 1.43 bits per heavy atom. The Hall–Kier alpha value is -1.24. The van der Waals surface area contributed by atoms with Crippen LogP contribution in [0.3, 0.4) is 0 Å². The molecule has 0 amide bonds. The third kappa shape index (κ3) is 3.70. The van der Waals surface area contributed by atoms with Gasteiger partial charge in [-0.05, 0) is 19.9 Å². The monoisotopic (exact) mass is 306 g/mol. The standard InChI is InChI=1S/C15H22N4OS/c1-3-20-10-13-6-18(8-14-11-21-12(2)17-14)9-15-4-5-16-19(15)7-13/h4-5,11,13H,3,6-10H2,1-2H3/t13-/m1/s1. The summed E-state index contributed by atoms with van der Waals surface area (Å²) in [6.45, 7) is 9.47. The highest BCUT2D eigenvalue weighted by molar-refractivity contribution is 7.09. The predicted molar refractivity (Wildman–Crippen MR) is 83.2 cm³/mol. The minimum atomic E-state index is 0.478. The summed E-state index contributed by atoms with van der Waals surface area (Å²) in [4.78, 5) is 7.05. The molecule has 0 spiro atoms. The predicted octanol–water partition coefficient (Wildman–Crippen LogP) is 2.32. The normalized spacial score (nSPS) is 19.4. The third-order valence-electron chi connectivity index (χ3n) is 3.75. The molecule has 1 aliphatic rings. The molecule has 2 aromatic heterocycles. The van der Waals surface area contributed by atoms with Crippen molar-refractivity contribution in [3.63, 3.8) is 0 Å². The summed E-state index contributed by atoms with van der Waals surface area (Å²) in [5, 5.41) is 7.74. The second-order valence-corrected chi connectivity index (χ2v) is 6.62. The highest BCUT2D eigenvalue weighted by Gasteiger charge is 2.23. The van der Waals surface area contributed by atoms with Gasteiger partial charge in [0.1, 0.15) is 0 Å². The molecule has 1 atom stereocenters. The molecule has 0 aliphatic carbocycles. The number of nitrogens with zero attached hydrogens (tertiary/aromatic N) is 4. The zero-order valence-corrected chi connectivity index (χ0v) is 13.5. The molecule has 0 saturated heterocycles. The van der Waals surface area contributed by atoms with Gasteiger partial charge in [-0.15, -0.1) is 11.3 Å². The van der Waals surface area contributed by atoms with Gasteiger partial charge < -0.3 is 4.74 Å². The Morgan fingerprint density at radius 3 is 3.10 bits per heavy atom. The maximum Gasteiger partial charge on any atom is 0.0897 e. The molecule has 5 nitrogen and oxygen atoms in total. The second-order valence-electron chi connectivity index (χ2n) is 5.56. The fourth-order valence-electron chi connectivity index (χ4n) is 2.84. The maximum atomic E-state index is 5.64. The molecule has 0 fully saturated rings. The van der Waals surface area contributed by atoms with Crippen LogP contribution in [0.15, 0.2) is 17.6 Å². The van der Waals surface area contributed by atoms with E-state index in [1.807, 2.05) is 13.1 Å². The number of rotatable bonds is 5. The fraction of sp³-hybridized carbons (Fsp3) is 0.600. The van der Waals surface area contributed by atoms with E-state index in [0.29, 0.717) is 5.92 Å². The molecule has 0 unspecified atom stereocenters. The first-order chi connectivity index (χ1) is 10.2. The zero-order valence-electron chi connectivity index (χ0n) is 12.7. The molecule has 0 radical (unpaired) electrons. The molecule has 3 heterocycles. The van der Waals surface area contributed by atoms with Gasteiger partial charge in [-0.25, -0.2) is 4.98 Å². The largest absolute Gasteiger partial charge is 0.381 e. The van der Waals surface area contributed by atoms with Crippen molar-refractivity contribution in [1.29, 1.82) is 0 Å². The van der Waals surface area contributed by atoms with Crippen LogP contribution in [0.25, 0.3) is 0 Å². The number of fused-ring (bicyclic) bond motifs is 1. The van der Waals surface area contributed by atoms with Gasteiger partial charge in [0.2, 0.25) is 0 Å². The molecule has 0 aromatic carbocycles. The summed E-state index contributed by atoms with van der Waals surface area (Å²) in [6, 6.07) is 2.11. The van der Waals surface area contributed by atoms with E-state index < -0.39 is 0 Å². The number of hydrogen-bond acceptors (Lipinski definition) is 5. The van der Waals surface area contributed by atoms with Crippen molar-refractivity contribution >= 4 is 11.3 Å². The van der Waals surface area contributed by atoms with E-state index in [1.54, 1.807) is 11.3 Å². The van der Waals surface area contributed by atoms with Gasteiger partial charge in [-0.1, -0.05) is 0 Å². The van der Waals surface area contributed by atoms with Crippen LogP contribution in [-0.2, 0) is 24.4 Å². The van der Waals surface area contributed by atoms with Crippen LogP contribution in [0.2, 0.25) is 0 Å². The molecule has 0 saturated carbocycles. The first-order valence-electron chi connectivity index (χ1n) is 7.46. The van der Waals surface area contributed by atoms with Gasteiger partial charge >= 0.3 is 0 Å². The van der Waals surface area contributed by atoms with Crippen molar-refractivity contribution in [2.24, 2.45) is 5.92 Å². The minimum Gasteiger partial charge on any atom is -0.381 e. The van der Waals surface area contributed by atoms with Crippen molar-refractivity contribution in [1.82, 2.24) is 19.7 Å². The lowest BCUT2D eigenvalue weighted by Crippen LogP contribution is -2.30. The number of aromatic nitrogens is 3. The lowest BCUT2D eigenvalue weighted by atomic mass is 10.1. The second kappa shape index (κ2) is 6.68. The Balaban J connectivity index is 1.73. The quantitative estimate of drug-likeness (QED) is 0.850. The smallest absolute Gasteiger partial charge is 0.0897 e. The van der Waals surface area contributed by atoms with Gasteiger partial charge in [0.15, 0.2) is 0 Å². The summed E-state index contributed by atoms with van der Waals surface area (Å²) in [7, 11) is 0.